The van der Waals surface area contributed by atoms with Gasteiger partial charge in [0.25, 0.3) is 0 Å². The lowest BCUT2D eigenvalue weighted by molar-refractivity contribution is -0.115. The van der Waals surface area contributed by atoms with Crippen molar-refractivity contribution in [1.29, 1.82) is 0 Å². The third-order valence-corrected chi connectivity index (χ3v) is 4.70. The fourth-order valence-corrected chi connectivity index (χ4v) is 3.08. The number of ether oxygens (including phenoxy) is 1. The molecule has 0 saturated heterocycles. The number of carbonyl (C=O) groups is 1. The van der Waals surface area contributed by atoms with E-state index in [0.29, 0.717) is 21.9 Å². The van der Waals surface area contributed by atoms with Crippen molar-refractivity contribution in [2.45, 2.75) is 17.3 Å². The second kappa shape index (κ2) is 8.73. The van der Waals surface area contributed by atoms with Crippen LogP contribution in [0.15, 0.2) is 53.7 Å². The van der Waals surface area contributed by atoms with Crippen LogP contribution in [0.1, 0.15) is 11.1 Å². The number of thioether (sulfide) groups is 1. The minimum absolute atomic E-state index is 0.166. The predicted octanol–water partition coefficient (Wildman–Crippen LogP) is 3.94. The van der Waals surface area contributed by atoms with Crippen molar-refractivity contribution in [3.05, 3.63) is 64.7 Å². The summed E-state index contributed by atoms with van der Waals surface area (Å²) in [5.74, 6) is 1.64. The molecule has 0 bridgehead atoms. The number of aromatic amines is 1. The van der Waals surface area contributed by atoms with Gasteiger partial charge in [0.05, 0.1) is 13.5 Å². The van der Waals surface area contributed by atoms with E-state index in [9.17, 15) is 4.79 Å². The lowest BCUT2D eigenvalue weighted by Gasteiger charge is -2.03. The van der Waals surface area contributed by atoms with Crippen LogP contribution in [0.3, 0.4) is 0 Å². The molecule has 2 N–H and O–H groups in total. The van der Waals surface area contributed by atoms with Crippen LogP contribution in [0.4, 0.5) is 5.95 Å². The first kappa shape index (κ1) is 18.3. The molecule has 3 aromatic rings. The Morgan fingerprint density at radius 1 is 1.15 bits per heavy atom. The normalized spacial score (nSPS) is 10.5. The van der Waals surface area contributed by atoms with Gasteiger partial charge in [-0.2, -0.15) is 4.98 Å². The maximum Gasteiger partial charge on any atom is 0.231 e. The fourth-order valence-electron chi connectivity index (χ4n) is 2.20. The predicted molar refractivity (Wildman–Crippen MR) is 103 cm³/mol. The number of benzene rings is 2. The number of hydrogen-bond acceptors (Lipinski definition) is 5. The third kappa shape index (κ3) is 5.24. The summed E-state index contributed by atoms with van der Waals surface area (Å²) in [7, 11) is 1.61. The molecule has 8 heteroatoms. The van der Waals surface area contributed by atoms with Gasteiger partial charge in [-0.15, -0.1) is 5.10 Å². The molecular weight excluding hydrogens is 372 g/mol. The zero-order valence-corrected chi connectivity index (χ0v) is 15.6. The minimum Gasteiger partial charge on any atom is -0.497 e. The van der Waals surface area contributed by atoms with Crippen molar-refractivity contribution in [3.63, 3.8) is 0 Å². The lowest BCUT2D eigenvalue weighted by atomic mass is 10.1. The molecule has 134 valence electrons. The standard InChI is InChI=1S/C18H17ClN4O2S/c1-25-15-8-4-12(5-9-15)10-16(24)20-17-21-18(23-22-17)26-11-13-2-6-14(19)7-3-13/h2-9H,10-11H2,1H3,(H2,20,21,22,23,24). The number of nitrogens with zero attached hydrogens (tertiary/aromatic N) is 2. The van der Waals surface area contributed by atoms with Gasteiger partial charge in [-0.05, 0) is 35.4 Å². The van der Waals surface area contributed by atoms with Crippen molar-refractivity contribution in [3.8, 4) is 5.75 Å². The molecule has 1 amide bonds. The van der Waals surface area contributed by atoms with Gasteiger partial charge in [0.1, 0.15) is 5.75 Å². The van der Waals surface area contributed by atoms with Gasteiger partial charge in [-0.1, -0.05) is 47.6 Å². The Bertz CT molecular complexity index is 866. The number of aromatic nitrogens is 3. The molecule has 0 spiro atoms. The SMILES string of the molecule is COc1ccc(CC(=O)Nc2nc(SCc3ccc(Cl)cc3)n[nH]2)cc1. The molecule has 1 heterocycles. The van der Waals surface area contributed by atoms with E-state index in [1.165, 1.54) is 11.8 Å². The topological polar surface area (TPSA) is 79.9 Å². The molecule has 26 heavy (non-hydrogen) atoms. The van der Waals surface area contributed by atoms with Crippen molar-refractivity contribution >= 4 is 35.2 Å². The molecule has 0 aliphatic heterocycles. The number of hydrogen-bond donors (Lipinski definition) is 2. The highest BCUT2D eigenvalue weighted by atomic mass is 35.5. The first-order valence-corrected chi connectivity index (χ1v) is 9.21. The molecule has 0 radical (unpaired) electrons. The summed E-state index contributed by atoms with van der Waals surface area (Å²) in [4.78, 5) is 16.4. The van der Waals surface area contributed by atoms with E-state index >= 15 is 0 Å². The van der Waals surface area contributed by atoms with E-state index in [1.807, 2.05) is 48.5 Å². The quantitative estimate of drug-likeness (QED) is 0.599. The van der Waals surface area contributed by atoms with E-state index in [2.05, 4.69) is 20.5 Å². The summed E-state index contributed by atoms with van der Waals surface area (Å²) in [6.07, 6.45) is 0.248. The van der Waals surface area contributed by atoms with Gasteiger partial charge < -0.3 is 4.74 Å². The number of carbonyl (C=O) groups excluding carboxylic acids is 1. The molecule has 0 atom stereocenters. The number of halogens is 1. The van der Waals surface area contributed by atoms with E-state index in [1.54, 1.807) is 7.11 Å². The summed E-state index contributed by atoms with van der Waals surface area (Å²) in [5, 5.41) is 10.8. The van der Waals surface area contributed by atoms with Crippen LogP contribution in [-0.2, 0) is 17.0 Å². The highest BCUT2D eigenvalue weighted by Crippen LogP contribution is 2.21. The molecule has 0 saturated carbocycles. The van der Waals surface area contributed by atoms with Crippen LogP contribution in [-0.4, -0.2) is 28.2 Å². The number of H-pyrrole nitrogens is 1. The molecule has 0 unspecified atom stereocenters. The van der Waals surface area contributed by atoms with Crippen LogP contribution < -0.4 is 10.1 Å². The van der Waals surface area contributed by atoms with Crippen molar-refractivity contribution in [1.82, 2.24) is 15.2 Å². The van der Waals surface area contributed by atoms with Crippen LogP contribution in [0, 0.1) is 0 Å². The largest absolute Gasteiger partial charge is 0.497 e. The number of methoxy groups -OCH3 is 1. The molecule has 2 aromatic carbocycles. The van der Waals surface area contributed by atoms with E-state index in [0.717, 1.165) is 16.9 Å². The van der Waals surface area contributed by atoms with Gasteiger partial charge in [-0.3, -0.25) is 10.1 Å². The monoisotopic (exact) mass is 388 g/mol. The number of amides is 1. The van der Waals surface area contributed by atoms with Crippen LogP contribution in [0.2, 0.25) is 5.02 Å². The van der Waals surface area contributed by atoms with Gasteiger partial charge in [-0.25, -0.2) is 5.10 Å². The maximum absolute atomic E-state index is 12.1. The molecule has 1 aromatic heterocycles. The van der Waals surface area contributed by atoms with Crippen LogP contribution in [0.25, 0.3) is 0 Å². The minimum atomic E-state index is -0.166. The van der Waals surface area contributed by atoms with Crippen LogP contribution >= 0.6 is 23.4 Å². The molecule has 3 rings (SSSR count). The van der Waals surface area contributed by atoms with E-state index < -0.39 is 0 Å². The Kier molecular flexibility index (Phi) is 6.14. The number of anilines is 1. The summed E-state index contributed by atoms with van der Waals surface area (Å²) in [5.41, 5.74) is 2.01. The summed E-state index contributed by atoms with van der Waals surface area (Å²) in [6, 6.07) is 15.0. The highest BCUT2D eigenvalue weighted by molar-refractivity contribution is 7.98. The van der Waals surface area contributed by atoms with Gasteiger partial charge >= 0.3 is 0 Å². The van der Waals surface area contributed by atoms with Gasteiger partial charge in [0, 0.05) is 10.8 Å². The molecule has 0 aliphatic carbocycles. The van der Waals surface area contributed by atoms with E-state index in [-0.39, 0.29) is 12.3 Å². The zero-order chi connectivity index (χ0) is 18.4. The molecular formula is C18H17ClN4O2S. The molecule has 0 aliphatic rings. The molecule has 6 nitrogen and oxygen atoms in total. The van der Waals surface area contributed by atoms with Crippen molar-refractivity contribution < 1.29 is 9.53 Å². The Balaban J connectivity index is 1.50. The summed E-state index contributed by atoms with van der Waals surface area (Å²) < 4.78 is 5.10. The Morgan fingerprint density at radius 3 is 2.54 bits per heavy atom. The third-order valence-electron chi connectivity index (χ3n) is 3.53. The van der Waals surface area contributed by atoms with Crippen molar-refractivity contribution in [2.75, 3.05) is 12.4 Å². The number of rotatable bonds is 7. The van der Waals surface area contributed by atoms with Gasteiger partial charge in [0.2, 0.25) is 17.0 Å². The average molecular weight is 389 g/mol. The van der Waals surface area contributed by atoms with Crippen molar-refractivity contribution in [2.24, 2.45) is 0 Å². The van der Waals surface area contributed by atoms with Crippen LogP contribution in [0.5, 0.6) is 5.75 Å². The second-order valence-electron chi connectivity index (χ2n) is 5.45. The first-order valence-electron chi connectivity index (χ1n) is 7.85. The Morgan fingerprint density at radius 2 is 1.85 bits per heavy atom. The molecule has 0 fully saturated rings. The number of nitrogens with one attached hydrogen (secondary N) is 2. The van der Waals surface area contributed by atoms with E-state index in [4.69, 9.17) is 16.3 Å². The summed E-state index contributed by atoms with van der Waals surface area (Å²) >= 11 is 7.34. The lowest BCUT2D eigenvalue weighted by Crippen LogP contribution is -2.15. The average Bonchev–Trinajstić information content (AvgIpc) is 3.09. The second-order valence-corrected chi connectivity index (χ2v) is 6.83. The summed E-state index contributed by atoms with van der Waals surface area (Å²) in [6.45, 7) is 0. The maximum atomic E-state index is 12.1. The zero-order valence-electron chi connectivity index (χ0n) is 14.0. The van der Waals surface area contributed by atoms with Gasteiger partial charge in [0.15, 0.2) is 0 Å². The highest BCUT2D eigenvalue weighted by Gasteiger charge is 2.09. The first-order chi connectivity index (χ1) is 12.6. The fraction of sp³-hybridized carbons (Fsp3) is 0.167. The Labute approximate surface area is 160 Å². The smallest absolute Gasteiger partial charge is 0.231 e. The Hall–Kier alpha value is -2.51.